The first-order chi connectivity index (χ1) is 8.70. The standard InChI is InChI=1S/C14H14N2O2/c1-11(8-14(17)18-2)12-9-15-16(10-12)13-6-4-3-5-7-13/h3-10H,1-2H3/b11-8-. The van der Waals surface area contributed by atoms with E-state index in [9.17, 15) is 4.79 Å². The lowest BCUT2D eigenvalue weighted by Gasteiger charge is -1.99. The Kier molecular flexibility index (Phi) is 3.57. The van der Waals surface area contributed by atoms with Crippen molar-refractivity contribution < 1.29 is 9.53 Å². The largest absolute Gasteiger partial charge is 0.466 e. The average Bonchev–Trinajstić information content (AvgIpc) is 2.89. The lowest BCUT2D eigenvalue weighted by molar-refractivity contribution is -0.134. The van der Waals surface area contributed by atoms with Gasteiger partial charge in [0.1, 0.15) is 0 Å². The number of para-hydroxylation sites is 1. The summed E-state index contributed by atoms with van der Waals surface area (Å²) in [6.45, 7) is 1.85. The van der Waals surface area contributed by atoms with Crippen LogP contribution in [0.25, 0.3) is 11.3 Å². The fraction of sp³-hybridized carbons (Fsp3) is 0.143. The van der Waals surface area contributed by atoms with Crippen molar-refractivity contribution in [2.45, 2.75) is 6.92 Å². The van der Waals surface area contributed by atoms with Crippen molar-refractivity contribution >= 4 is 11.5 Å². The molecule has 1 heterocycles. The molecule has 0 unspecified atom stereocenters. The molecule has 92 valence electrons. The van der Waals surface area contributed by atoms with Gasteiger partial charge in [0.15, 0.2) is 0 Å². The number of allylic oxidation sites excluding steroid dienone is 1. The summed E-state index contributed by atoms with van der Waals surface area (Å²) in [5.74, 6) is -0.361. The number of rotatable bonds is 3. The highest BCUT2D eigenvalue weighted by molar-refractivity contribution is 5.90. The minimum atomic E-state index is -0.361. The molecule has 18 heavy (non-hydrogen) atoms. The molecule has 0 saturated heterocycles. The first-order valence-corrected chi connectivity index (χ1v) is 5.57. The normalized spacial score (nSPS) is 11.3. The minimum absolute atomic E-state index is 0.361. The molecule has 2 rings (SSSR count). The summed E-state index contributed by atoms with van der Waals surface area (Å²) in [7, 11) is 1.36. The van der Waals surface area contributed by atoms with Crippen LogP contribution in [0.5, 0.6) is 0 Å². The van der Waals surface area contributed by atoms with Crippen molar-refractivity contribution in [3.63, 3.8) is 0 Å². The Morgan fingerprint density at radius 1 is 1.33 bits per heavy atom. The van der Waals surface area contributed by atoms with Gasteiger partial charge in [-0.05, 0) is 24.6 Å². The highest BCUT2D eigenvalue weighted by Crippen LogP contribution is 2.15. The van der Waals surface area contributed by atoms with Crippen molar-refractivity contribution in [1.82, 2.24) is 9.78 Å². The van der Waals surface area contributed by atoms with E-state index < -0.39 is 0 Å². The number of hydrogen-bond acceptors (Lipinski definition) is 3. The number of nitrogens with zero attached hydrogens (tertiary/aromatic N) is 2. The second-order valence-electron chi connectivity index (χ2n) is 3.86. The maximum Gasteiger partial charge on any atom is 0.330 e. The van der Waals surface area contributed by atoms with Crippen LogP contribution >= 0.6 is 0 Å². The Morgan fingerprint density at radius 3 is 2.72 bits per heavy atom. The molecule has 2 aromatic rings. The highest BCUT2D eigenvalue weighted by Gasteiger charge is 2.04. The molecule has 4 nitrogen and oxygen atoms in total. The lowest BCUT2D eigenvalue weighted by atomic mass is 10.1. The molecule has 1 aromatic heterocycles. The molecule has 0 fully saturated rings. The Hall–Kier alpha value is -2.36. The van der Waals surface area contributed by atoms with E-state index in [2.05, 4.69) is 9.84 Å². The van der Waals surface area contributed by atoms with Crippen molar-refractivity contribution in [2.24, 2.45) is 0 Å². The molecule has 0 atom stereocenters. The molecule has 4 heteroatoms. The zero-order valence-corrected chi connectivity index (χ0v) is 10.3. The van der Waals surface area contributed by atoms with Crippen molar-refractivity contribution in [2.75, 3.05) is 7.11 Å². The molecule has 0 aliphatic rings. The average molecular weight is 242 g/mol. The molecule has 0 aliphatic carbocycles. The Morgan fingerprint density at radius 2 is 2.06 bits per heavy atom. The monoisotopic (exact) mass is 242 g/mol. The van der Waals surface area contributed by atoms with Crippen LogP contribution in [0.3, 0.4) is 0 Å². The lowest BCUT2D eigenvalue weighted by Crippen LogP contribution is -1.95. The van der Waals surface area contributed by atoms with E-state index in [0.717, 1.165) is 16.8 Å². The van der Waals surface area contributed by atoms with Crippen molar-refractivity contribution in [3.05, 3.63) is 54.4 Å². The minimum Gasteiger partial charge on any atom is -0.466 e. The van der Waals surface area contributed by atoms with E-state index in [1.54, 1.807) is 10.9 Å². The van der Waals surface area contributed by atoms with E-state index in [1.807, 2.05) is 43.5 Å². The second-order valence-corrected chi connectivity index (χ2v) is 3.86. The molecule has 0 bridgehead atoms. The molecule has 0 spiro atoms. The van der Waals surface area contributed by atoms with Gasteiger partial charge in [-0.25, -0.2) is 9.48 Å². The van der Waals surface area contributed by atoms with Gasteiger partial charge in [-0.3, -0.25) is 0 Å². The van der Waals surface area contributed by atoms with Crippen LogP contribution in [0.2, 0.25) is 0 Å². The Balaban J connectivity index is 2.26. The van der Waals surface area contributed by atoms with Crippen LogP contribution in [0.15, 0.2) is 48.8 Å². The van der Waals surface area contributed by atoms with Gasteiger partial charge in [0.05, 0.1) is 19.0 Å². The van der Waals surface area contributed by atoms with Crippen LogP contribution in [0.4, 0.5) is 0 Å². The van der Waals surface area contributed by atoms with Crippen molar-refractivity contribution in [1.29, 1.82) is 0 Å². The number of benzene rings is 1. The molecular weight excluding hydrogens is 228 g/mol. The number of methoxy groups -OCH3 is 1. The Labute approximate surface area is 106 Å². The topological polar surface area (TPSA) is 44.1 Å². The first kappa shape index (κ1) is 12.1. The number of hydrogen-bond donors (Lipinski definition) is 0. The predicted molar refractivity (Wildman–Crippen MR) is 69.2 cm³/mol. The third kappa shape index (κ3) is 2.66. The molecule has 0 radical (unpaired) electrons. The quantitative estimate of drug-likeness (QED) is 0.613. The summed E-state index contributed by atoms with van der Waals surface area (Å²) in [5, 5.41) is 4.26. The van der Waals surface area contributed by atoms with Gasteiger partial charge in [-0.2, -0.15) is 5.10 Å². The summed E-state index contributed by atoms with van der Waals surface area (Å²) >= 11 is 0. The fourth-order valence-electron chi connectivity index (χ4n) is 1.57. The molecule has 0 saturated carbocycles. The van der Waals surface area contributed by atoms with E-state index >= 15 is 0 Å². The van der Waals surface area contributed by atoms with Gasteiger partial charge < -0.3 is 4.74 Å². The van der Waals surface area contributed by atoms with E-state index in [1.165, 1.54) is 13.2 Å². The molecule has 0 amide bonds. The third-order valence-electron chi connectivity index (χ3n) is 2.59. The predicted octanol–water partition coefficient (Wildman–Crippen LogP) is 2.45. The maximum atomic E-state index is 11.1. The van der Waals surface area contributed by atoms with Crippen molar-refractivity contribution in [3.8, 4) is 5.69 Å². The van der Waals surface area contributed by atoms with E-state index in [4.69, 9.17) is 0 Å². The second kappa shape index (κ2) is 5.31. The maximum absolute atomic E-state index is 11.1. The van der Waals surface area contributed by atoms with Gasteiger partial charge in [0, 0.05) is 17.8 Å². The van der Waals surface area contributed by atoms with Crippen LogP contribution in [0, 0.1) is 0 Å². The Bertz CT molecular complexity index is 570. The van der Waals surface area contributed by atoms with E-state index in [0.29, 0.717) is 0 Å². The number of aromatic nitrogens is 2. The molecule has 0 N–H and O–H groups in total. The SMILES string of the molecule is COC(=O)/C=C(/C)c1cnn(-c2ccccc2)c1. The number of ether oxygens (including phenoxy) is 1. The molecular formula is C14H14N2O2. The molecule has 1 aromatic carbocycles. The number of carbonyl (C=O) groups is 1. The number of esters is 1. The van der Waals surface area contributed by atoms with Crippen LogP contribution in [-0.4, -0.2) is 22.9 Å². The zero-order chi connectivity index (χ0) is 13.0. The van der Waals surface area contributed by atoms with Crippen LogP contribution in [0.1, 0.15) is 12.5 Å². The van der Waals surface area contributed by atoms with Gasteiger partial charge >= 0.3 is 5.97 Å². The van der Waals surface area contributed by atoms with Gasteiger partial charge in [0.2, 0.25) is 0 Å². The number of carbonyl (C=O) groups excluding carboxylic acids is 1. The summed E-state index contributed by atoms with van der Waals surface area (Å²) < 4.78 is 6.36. The van der Waals surface area contributed by atoms with Gasteiger partial charge in [-0.1, -0.05) is 18.2 Å². The summed E-state index contributed by atoms with van der Waals surface area (Å²) in [6.07, 6.45) is 5.05. The molecule has 0 aliphatic heterocycles. The van der Waals surface area contributed by atoms with Crippen LogP contribution < -0.4 is 0 Å². The summed E-state index contributed by atoms with van der Waals surface area (Å²) in [6, 6.07) is 9.80. The third-order valence-corrected chi connectivity index (χ3v) is 2.59. The zero-order valence-electron chi connectivity index (χ0n) is 10.3. The van der Waals surface area contributed by atoms with E-state index in [-0.39, 0.29) is 5.97 Å². The highest BCUT2D eigenvalue weighted by atomic mass is 16.5. The fourth-order valence-corrected chi connectivity index (χ4v) is 1.57. The van der Waals surface area contributed by atoms with Crippen LogP contribution in [-0.2, 0) is 9.53 Å². The smallest absolute Gasteiger partial charge is 0.330 e. The summed E-state index contributed by atoms with van der Waals surface area (Å²) in [5.41, 5.74) is 2.70. The van der Waals surface area contributed by atoms with Gasteiger partial charge in [-0.15, -0.1) is 0 Å². The van der Waals surface area contributed by atoms with Gasteiger partial charge in [0.25, 0.3) is 0 Å². The first-order valence-electron chi connectivity index (χ1n) is 5.57. The summed E-state index contributed by atoms with van der Waals surface area (Å²) in [4.78, 5) is 11.1.